The van der Waals surface area contributed by atoms with E-state index >= 15 is 0 Å². The van der Waals surface area contributed by atoms with Crippen LogP contribution in [0.4, 0.5) is 19.0 Å². The van der Waals surface area contributed by atoms with Crippen LogP contribution >= 0.6 is 0 Å². The minimum Gasteiger partial charge on any atom is -0.363 e. The van der Waals surface area contributed by atoms with Gasteiger partial charge in [-0.3, -0.25) is 0 Å². The van der Waals surface area contributed by atoms with Gasteiger partial charge in [0.05, 0.1) is 11.7 Å². The van der Waals surface area contributed by atoms with Gasteiger partial charge in [-0.2, -0.15) is 18.3 Å². The Balaban J connectivity index is 1.95. The monoisotopic (exact) mass is 309 g/mol. The van der Waals surface area contributed by atoms with Crippen LogP contribution in [0.3, 0.4) is 0 Å². The quantitative estimate of drug-likeness (QED) is 0.890. The Morgan fingerprint density at radius 2 is 1.95 bits per heavy atom. The van der Waals surface area contributed by atoms with Gasteiger partial charge in [0.2, 0.25) is 0 Å². The number of aryl methyl sites for hydroxylation is 2. The van der Waals surface area contributed by atoms with E-state index in [1.807, 2.05) is 24.3 Å². The van der Waals surface area contributed by atoms with Crippen LogP contribution in [-0.4, -0.2) is 16.0 Å². The number of nitrogens with zero attached hydrogens (tertiary/aromatic N) is 2. The van der Waals surface area contributed by atoms with E-state index in [0.717, 1.165) is 16.7 Å². The SMILES string of the molecule is CCc1ccc(C2CC(C(F)(F)F)n3nc(C)cc3N2)cc1. The number of benzene rings is 1. The Bertz CT molecular complexity index is 658. The summed E-state index contributed by atoms with van der Waals surface area (Å²) >= 11 is 0. The van der Waals surface area contributed by atoms with E-state index in [4.69, 9.17) is 0 Å². The second-order valence-electron chi connectivity index (χ2n) is 5.70. The van der Waals surface area contributed by atoms with Crippen molar-refractivity contribution < 1.29 is 13.2 Å². The average molecular weight is 309 g/mol. The van der Waals surface area contributed by atoms with Gasteiger partial charge in [0.25, 0.3) is 0 Å². The maximum absolute atomic E-state index is 13.3. The Kier molecular flexibility index (Phi) is 3.62. The molecule has 1 aromatic carbocycles. The van der Waals surface area contributed by atoms with Crippen molar-refractivity contribution in [3.8, 4) is 0 Å². The number of alkyl halides is 3. The molecule has 2 heterocycles. The molecule has 6 heteroatoms. The Morgan fingerprint density at radius 3 is 2.55 bits per heavy atom. The second-order valence-corrected chi connectivity index (χ2v) is 5.70. The van der Waals surface area contributed by atoms with Crippen LogP contribution in [0.5, 0.6) is 0 Å². The molecule has 3 rings (SSSR count). The third-order valence-electron chi connectivity index (χ3n) is 4.10. The van der Waals surface area contributed by atoms with E-state index in [9.17, 15) is 13.2 Å². The fourth-order valence-corrected chi connectivity index (χ4v) is 2.90. The summed E-state index contributed by atoms with van der Waals surface area (Å²) in [6.45, 7) is 3.75. The number of fused-ring (bicyclic) bond motifs is 1. The minimum absolute atomic E-state index is 0.0525. The van der Waals surface area contributed by atoms with Crippen molar-refractivity contribution in [2.75, 3.05) is 5.32 Å². The Morgan fingerprint density at radius 1 is 1.27 bits per heavy atom. The lowest BCUT2D eigenvalue weighted by molar-refractivity contribution is -0.173. The average Bonchev–Trinajstić information content (AvgIpc) is 2.85. The molecule has 118 valence electrons. The molecule has 0 fully saturated rings. The zero-order chi connectivity index (χ0) is 15.9. The van der Waals surface area contributed by atoms with Gasteiger partial charge < -0.3 is 5.32 Å². The molecule has 0 saturated heterocycles. The topological polar surface area (TPSA) is 29.9 Å². The number of halogens is 3. The van der Waals surface area contributed by atoms with Crippen molar-refractivity contribution in [1.82, 2.24) is 9.78 Å². The highest BCUT2D eigenvalue weighted by Gasteiger charge is 2.46. The molecule has 22 heavy (non-hydrogen) atoms. The van der Waals surface area contributed by atoms with Gasteiger partial charge in [-0.05, 0) is 24.5 Å². The highest BCUT2D eigenvalue weighted by molar-refractivity contribution is 5.43. The van der Waals surface area contributed by atoms with E-state index in [0.29, 0.717) is 11.5 Å². The van der Waals surface area contributed by atoms with Crippen LogP contribution in [0.1, 0.15) is 42.2 Å². The van der Waals surface area contributed by atoms with Crippen LogP contribution in [0.2, 0.25) is 0 Å². The van der Waals surface area contributed by atoms with E-state index in [-0.39, 0.29) is 12.5 Å². The fourth-order valence-electron chi connectivity index (χ4n) is 2.90. The van der Waals surface area contributed by atoms with Crippen molar-refractivity contribution in [3.63, 3.8) is 0 Å². The van der Waals surface area contributed by atoms with E-state index < -0.39 is 12.2 Å². The zero-order valence-electron chi connectivity index (χ0n) is 12.5. The second kappa shape index (κ2) is 5.34. The first kappa shape index (κ1) is 14.9. The number of aromatic nitrogens is 2. The molecule has 2 atom stereocenters. The number of nitrogens with one attached hydrogen (secondary N) is 1. The molecule has 0 amide bonds. The van der Waals surface area contributed by atoms with E-state index in [1.165, 1.54) is 5.56 Å². The molecule has 0 bridgehead atoms. The molecule has 2 aromatic rings. The van der Waals surface area contributed by atoms with Gasteiger partial charge in [0.15, 0.2) is 6.04 Å². The van der Waals surface area contributed by atoms with Crippen molar-refractivity contribution in [2.24, 2.45) is 0 Å². The van der Waals surface area contributed by atoms with Crippen LogP contribution in [-0.2, 0) is 6.42 Å². The molecule has 1 N–H and O–H groups in total. The van der Waals surface area contributed by atoms with Crippen LogP contribution < -0.4 is 5.32 Å². The molecular formula is C16H18F3N3. The predicted molar refractivity (Wildman–Crippen MR) is 78.9 cm³/mol. The van der Waals surface area contributed by atoms with Gasteiger partial charge in [-0.1, -0.05) is 31.2 Å². The van der Waals surface area contributed by atoms with Crippen LogP contribution in [0.25, 0.3) is 0 Å². The number of hydrogen-bond donors (Lipinski definition) is 1. The van der Waals surface area contributed by atoms with Crippen LogP contribution in [0, 0.1) is 6.92 Å². The fraction of sp³-hybridized carbons (Fsp3) is 0.438. The standard InChI is InChI=1S/C16H18F3N3/c1-3-11-4-6-12(7-5-11)13-9-14(16(17,18)19)22-15(20-13)8-10(2)21-22/h4-8,13-14,20H,3,9H2,1-2H3. The van der Waals surface area contributed by atoms with Crippen molar-refractivity contribution >= 4 is 5.82 Å². The summed E-state index contributed by atoms with van der Waals surface area (Å²) in [5, 5.41) is 7.16. The van der Waals surface area contributed by atoms with Crippen molar-refractivity contribution in [3.05, 3.63) is 47.2 Å². The van der Waals surface area contributed by atoms with Gasteiger partial charge in [0.1, 0.15) is 5.82 Å². The maximum Gasteiger partial charge on any atom is 0.410 e. The van der Waals surface area contributed by atoms with E-state index in [2.05, 4.69) is 17.3 Å². The Hall–Kier alpha value is -1.98. The molecule has 0 spiro atoms. The normalized spacial score (nSPS) is 21.3. The molecule has 2 unspecified atom stereocenters. The van der Waals surface area contributed by atoms with Gasteiger partial charge in [-0.15, -0.1) is 0 Å². The predicted octanol–water partition coefficient (Wildman–Crippen LogP) is 4.41. The Labute approximate surface area is 127 Å². The van der Waals surface area contributed by atoms with Crippen molar-refractivity contribution in [2.45, 2.75) is 44.9 Å². The lowest BCUT2D eigenvalue weighted by Crippen LogP contribution is -2.35. The highest BCUT2D eigenvalue weighted by atomic mass is 19.4. The summed E-state index contributed by atoms with van der Waals surface area (Å²) < 4.78 is 41.1. The summed E-state index contributed by atoms with van der Waals surface area (Å²) in [6.07, 6.45) is -3.45. The zero-order valence-corrected chi connectivity index (χ0v) is 12.5. The summed E-state index contributed by atoms with van der Waals surface area (Å²) in [5.41, 5.74) is 2.63. The van der Waals surface area contributed by atoms with Gasteiger partial charge >= 0.3 is 6.18 Å². The summed E-state index contributed by atoms with van der Waals surface area (Å²) in [5.74, 6) is 0.427. The van der Waals surface area contributed by atoms with Gasteiger partial charge in [0, 0.05) is 12.5 Å². The first-order valence-corrected chi connectivity index (χ1v) is 7.36. The lowest BCUT2D eigenvalue weighted by atomic mass is 9.96. The highest BCUT2D eigenvalue weighted by Crippen LogP contribution is 2.43. The third kappa shape index (κ3) is 2.69. The molecule has 0 saturated carbocycles. The van der Waals surface area contributed by atoms with Crippen molar-refractivity contribution in [1.29, 1.82) is 0 Å². The smallest absolute Gasteiger partial charge is 0.363 e. The molecule has 1 aliphatic heterocycles. The number of hydrogen-bond acceptors (Lipinski definition) is 2. The summed E-state index contributed by atoms with van der Waals surface area (Å²) in [7, 11) is 0. The number of rotatable bonds is 2. The largest absolute Gasteiger partial charge is 0.410 e. The minimum atomic E-state index is -4.31. The molecule has 0 aliphatic carbocycles. The maximum atomic E-state index is 13.3. The molecule has 3 nitrogen and oxygen atoms in total. The lowest BCUT2D eigenvalue weighted by Gasteiger charge is -2.33. The first-order chi connectivity index (χ1) is 10.4. The summed E-state index contributed by atoms with van der Waals surface area (Å²) in [6, 6.07) is 7.46. The third-order valence-corrected chi connectivity index (χ3v) is 4.10. The molecule has 0 radical (unpaired) electrons. The number of anilines is 1. The molecular weight excluding hydrogens is 291 g/mol. The molecule has 1 aliphatic rings. The molecule has 1 aromatic heterocycles. The summed E-state index contributed by atoms with van der Waals surface area (Å²) in [4.78, 5) is 0. The van der Waals surface area contributed by atoms with Crippen LogP contribution in [0.15, 0.2) is 30.3 Å². The van der Waals surface area contributed by atoms with E-state index in [1.54, 1.807) is 13.0 Å². The first-order valence-electron chi connectivity index (χ1n) is 7.36. The van der Waals surface area contributed by atoms with Gasteiger partial charge in [-0.25, -0.2) is 4.68 Å².